The van der Waals surface area contributed by atoms with E-state index >= 15 is 0 Å². The molecule has 9 heteroatoms. The number of rotatable bonds is 7. The minimum atomic E-state index is -3.84. The average Bonchev–Trinajstić information content (AvgIpc) is 2.85. The van der Waals surface area contributed by atoms with E-state index in [-0.39, 0.29) is 10.8 Å². The van der Waals surface area contributed by atoms with Gasteiger partial charge in [0.1, 0.15) is 0 Å². The lowest BCUT2D eigenvalue weighted by atomic mass is 10.1. The number of piperazine rings is 1. The first-order valence-electron chi connectivity index (χ1n) is 11.2. The smallest absolute Gasteiger partial charge is 0.261 e. The molecule has 34 heavy (non-hydrogen) atoms. The Labute approximate surface area is 200 Å². The van der Waals surface area contributed by atoms with E-state index in [9.17, 15) is 13.2 Å². The van der Waals surface area contributed by atoms with E-state index in [0.717, 1.165) is 48.6 Å². The van der Waals surface area contributed by atoms with E-state index in [1.54, 1.807) is 42.7 Å². The Morgan fingerprint density at radius 1 is 1.06 bits per heavy atom. The number of carbonyl (C=O) groups is 1. The fraction of sp³-hybridized carbons (Fsp3) is 0.280. The summed E-state index contributed by atoms with van der Waals surface area (Å²) in [7, 11) is -3.84. The van der Waals surface area contributed by atoms with Crippen molar-refractivity contribution < 1.29 is 13.2 Å². The number of pyridine rings is 1. The van der Waals surface area contributed by atoms with Crippen LogP contribution in [-0.2, 0) is 16.6 Å². The van der Waals surface area contributed by atoms with Crippen LogP contribution in [0.5, 0.6) is 0 Å². The molecule has 2 aromatic carbocycles. The molecule has 1 aliphatic rings. The van der Waals surface area contributed by atoms with Gasteiger partial charge in [0.2, 0.25) is 0 Å². The van der Waals surface area contributed by atoms with Crippen LogP contribution >= 0.6 is 0 Å². The van der Waals surface area contributed by atoms with E-state index in [1.165, 1.54) is 0 Å². The standard InChI is InChI=1S/C25H29N5O3S/c1-18-5-7-22(14-19(18)2)34(32,33)29-23-15-21(6-8-24(23)30-12-10-26-11-13-30)25(31)28-17-20-4-3-9-27-16-20/h3-9,14-16,26,29H,10-13,17H2,1-2H3,(H,28,31). The lowest BCUT2D eigenvalue weighted by molar-refractivity contribution is 0.0951. The van der Waals surface area contributed by atoms with Gasteiger partial charge in [-0.25, -0.2) is 8.42 Å². The highest BCUT2D eigenvalue weighted by molar-refractivity contribution is 7.92. The molecule has 1 amide bonds. The minimum Gasteiger partial charge on any atom is -0.367 e. The molecule has 4 rings (SSSR count). The van der Waals surface area contributed by atoms with Crippen molar-refractivity contribution in [2.75, 3.05) is 35.8 Å². The first kappa shape index (κ1) is 23.7. The van der Waals surface area contributed by atoms with Crippen molar-refractivity contribution >= 4 is 27.3 Å². The van der Waals surface area contributed by atoms with Crippen molar-refractivity contribution in [1.82, 2.24) is 15.6 Å². The van der Waals surface area contributed by atoms with Crippen molar-refractivity contribution in [2.45, 2.75) is 25.3 Å². The Kier molecular flexibility index (Phi) is 7.14. The number of amides is 1. The Bertz CT molecular complexity index is 1270. The number of aryl methyl sites for hydroxylation is 2. The third kappa shape index (κ3) is 5.55. The molecule has 0 atom stereocenters. The van der Waals surface area contributed by atoms with Gasteiger partial charge in [-0.05, 0) is 66.9 Å². The largest absolute Gasteiger partial charge is 0.367 e. The molecule has 0 spiro atoms. The molecule has 178 valence electrons. The summed E-state index contributed by atoms with van der Waals surface area (Å²) >= 11 is 0. The van der Waals surface area contributed by atoms with E-state index in [4.69, 9.17) is 0 Å². The van der Waals surface area contributed by atoms with Crippen LogP contribution in [-0.4, -0.2) is 45.5 Å². The quantitative estimate of drug-likeness (QED) is 0.482. The van der Waals surface area contributed by atoms with Gasteiger partial charge in [-0.2, -0.15) is 0 Å². The van der Waals surface area contributed by atoms with Gasteiger partial charge in [0, 0.05) is 50.7 Å². The fourth-order valence-corrected chi connectivity index (χ4v) is 4.96. The number of carbonyl (C=O) groups excluding carboxylic acids is 1. The van der Waals surface area contributed by atoms with Gasteiger partial charge in [0.15, 0.2) is 0 Å². The summed E-state index contributed by atoms with van der Waals surface area (Å²) in [6.45, 7) is 7.24. The zero-order valence-electron chi connectivity index (χ0n) is 19.3. The maximum atomic E-state index is 13.2. The Morgan fingerprint density at radius 2 is 1.85 bits per heavy atom. The summed E-state index contributed by atoms with van der Waals surface area (Å²) < 4.78 is 29.2. The lowest BCUT2D eigenvalue weighted by Crippen LogP contribution is -2.43. The molecule has 0 saturated carbocycles. The van der Waals surface area contributed by atoms with Crippen LogP contribution in [0.1, 0.15) is 27.0 Å². The second kappa shape index (κ2) is 10.2. The third-order valence-electron chi connectivity index (χ3n) is 5.93. The predicted molar refractivity (Wildman–Crippen MR) is 134 cm³/mol. The summed E-state index contributed by atoms with van der Waals surface area (Å²) in [5, 5.41) is 6.17. The lowest BCUT2D eigenvalue weighted by Gasteiger charge is -2.31. The van der Waals surface area contributed by atoms with Crippen LogP contribution in [0.25, 0.3) is 0 Å². The van der Waals surface area contributed by atoms with Gasteiger partial charge in [-0.1, -0.05) is 12.1 Å². The molecular formula is C25H29N5O3S. The number of benzene rings is 2. The Morgan fingerprint density at radius 3 is 2.56 bits per heavy atom. The number of anilines is 2. The molecule has 0 bridgehead atoms. The summed E-state index contributed by atoms with van der Waals surface area (Å²) in [5.41, 5.74) is 4.30. The summed E-state index contributed by atoms with van der Waals surface area (Å²) in [4.78, 5) is 19.2. The monoisotopic (exact) mass is 479 g/mol. The van der Waals surface area contributed by atoms with Crippen molar-refractivity contribution in [3.63, 3.8) is 0 Å². The van der Waals surface area contributed by atoms with Gasteiger partial charge in [0.05, 0.1) is 16.3 Å². The Balaban J connectivity index is 1.63. The summed E-state index contributed by atoms with van der Waals surface area (Å²) in [6.07, 6.45) is 3.37. The average molecular weight is 480 g/mol. The first-order valence-corrected chi connectivity index (χ1v) is 12.7. The van der Waals surface area contributed by atoms with Gasteiger partial charge in [0.25, 0.3) is 15.9 Å². The molecule has 3 N–H and O–H groups in total. The number of aromatic nitrogens is 1. The van der Waals surface area contributed by atoms with Crippen LogP contribution in [0.3, 0.4) is 0 Å². The molecule has 2 heterocycles. The SMILES string of the molecule is Cc1ccc(S(=O)(=O)Nc2cc(C(=O)NCc3cccnc3)ccc2N2CCNCC2)cc1C. The van der Waals surface area contributed by atoms with Gasteiger partial charge >= 0.3 is 0 Å². The molecule has 1 aromatic heterocycles. The molecule has 8 nitrogen and oxygen atoms in total. The summed E-state index contributed by atoms with van der Waals surface area (Å²) in [6, 6.07) is 13.9. The summed E-state index contributed by atoms with van der Waals surface area (Å²) in [5.74, 6) is -0.289. The normalized spacial score (nSPS) is 14.0. The fourth-order valence-electron chi connectivity index (χ4n) is 3.81. The Hall–Kier alpha value is -3.43. The number of nitrogens with one attached hydrogen (secondary N) is 3. The molecule has 1 aliphatic heterocycles. The number of nitrogens with zero attached hydrogens (tertiary/aromatic N) is 2. The highest BCUT2D eigenvalue weighted by atomic mass is 32.2. The van der Waals surface area contributed by atoms with Gasteiger partial charge < -0.3 is 15.5 Å². The van der Waals surface area contributed by atoms with E-state index in [0.29, 0.717) is 17.8 Å². The first-order chi connectivity index (χ1) is 16.3. The number of hydrogen-bond donors (Lipinski definition) is 3. The second-order valence-electron chi connectivity index (χ2n) is 8.36. The maximum Gasteiger partial charge on any atom is 0.261 e. The van der Waals surface area contributed by atoms with Crippen molar-refractivity contribution in [3.05, 3.63) is 83.2 Å². The van der Waals surface area contributed by atoms with Crippen molar-refractivity contribution in [1.29, 1.82) is 0 Å². The molecule has 0 unspecified atom stereocenters. The molecule has 0 radical (unpaired) electrons. The zero-order valence-corrected chi connectivity index (χ0v) is 20.2. The zero-order chi connectivity index (χ0) is 24.1. The van der Waals surface area contributed by atoms with Crippen LogP contribution in [0.4, 0.5) is 11.4 Å². The van der Waals surface area contributed by atoms with E-state index in [2.05, 4.69) is 25.2 Å². The van der Waals surface area contributed by atoms with Crippen LogP contribution in [0.15, 0.2) is 65.8 Å². The third-order valence-corrected chi connectivity index (χ3v) is 7.29. The second-order valence-corrected chi connectivity index (χ2v) is 10.0. The highest BCUT2D eigenvalue weighted by Gasteiger charge is 2.21. The molecule has 3 aromatic rings. The highest BCUT2D eigenvalue weighted by Crippen LogP contribution is 2.30. The van der Waals surface area contributed by atoms with Crippen molar-refractivity contribution in [2.24, 2.45) is 0 Å². The predicted octanol–water partition coefficient (Wildman–Crippen LogP) is 2.84. The van der Waals surface area contributed by atoms with E-state index in [1.807, 2.05) is 32.0 Å². The van der Waals surface area contributed by atoms with Crippen molar-refractivity contribution in [3.8, 4) is 0 Å². The maximum absolute atomic E-state index is 13.2. The molecular weight excluding hydrogens is 450 g/mol. The number of hydrogen-bond acceptors (Lipinski definition) is 6. The number of sulfonamides is 1. The van der Waals surface area contributed by atoms with Crippen LogP contribution < -0.4 is 20.3 Å². The minimum absolute atomic E-state index is 0.188. The molecule has 1 fully saturated rings. The molecule has 0 aliphatic carbocycles. The van der Waals surface area contributed by atoms with Crippen LogP contribution in [0, 0.1) is 13.8 Å². The molecule has 1 saturated heterocycles. The topological polar surface area (TPSA) is 103 Å². The van der Waals surface area contributed by atoms with Gasteiger partial charge in [-0.15, -0.1) is 0 Å². The van der Waals surface area contributed by atoms with Gasteiger partial charge in [-0.3, -0.25) is 14.5 Å². The van der Waals surface area contributed by atoms with E-state index < -0.39 is 10.0 Å². The van der Waals surface area contributed by atoms with Crippen LogP contribution in [0.2, 0.25) is 0 Å².